The molecule has 0 amide bonds. The van der Waals surface area contributed by atoms with Crippen LogP contribution in [0.5, 0.6) is 5.75 Å². The maximum absolute atomic E-state index is 6.00. The highest BCUT2D eigenvalue weighted by molar-refractivity contribution is 7.97. The first-order valence-electron chi connectivity index (χ1n) is 10.6. The van der Waals surface area contributed by atoms with E-state index < -0.39 is 0 Å². The Morgan fingerprint density at radius 2 is 1.94 bits per heavy atom. The van der Waals surface area contributed by atoms with E-state index in [4.69, 9.17) is 9.15 Å². The van der Waals surface area contributed by atoms with Crippen LogP contribution in [0.3, 0.4) is 0 Å². The second-order valence-electron chi connectivity index (χ2n) is 7.71. The van der Waals surface area contributed by atoms with E-state index in [1.54, 1.807) is 31.5 Å². The van der Waals surface area contributed by atoms with E-state index in [9.17, 15) is 0 Å². The molecule has 2 heterocycles. The van der Waals surface area contributed by atoms with Gasteiger partial charge in [-0.1, -0.05) is 24.3 Å². The van der Waals surface area contributed by atoms with E-state index >= 15 is 0 Å². The first-order chi connectivity index (χ1) is 15.8. The smallest absolute Gasteiger partial charge is 0.299 e. The summed E-state index contributed by atoms with van der Waals surface area (Å²) in [5.41, 5.74) is 3.69. The van der Waals surface area contributed by atoms with Crippen molar-refractivity contribution in [1.82, 2.24) is 14.7 Å². The summed E-state index contributed by atoms with van der Waals surface area (Å²) in [6.07, 6.45) is 6.18. The average Bonchev–Trinajstić information content (AvgIpc) is 3.55. The third-order valence-corrected chi connectivity index (χ3v) is 6.09. The normalized spacial score (nSPS) is 13.2. The second-order valence-corrected chi connectivity index (χ2v) is 8.67. The molecule has 32 heavy (non-hydrogen) atoms. The molecular formula is C25H24N4O2S. The van der Waals surface area contributed by atoms with Crippen molar-refractivity contribution in [2.45, 2.75) is 17.7 Å². The van der Waals surface area contributed by atoms with E-state index in [1.807, 2.05) is 54.6 Å². The molecule has 1 saturated carbocycles. The third-order valence-electron chi connectivity index (χ3n) is 5.28. The number of anilines is 2. The Balaban J connectivity index is 1.33. The number of pyridine rings is 1. The first-order valence-corrected chi connectivity index (χ1v) is 11.4. The van der Waals surface area contributed by atoms with Gasteiger partial charge in [0.15, 0.2) is 5.76 Å². The number of ether oxygens (including phenoxy) is 1. The van der Waals surface area contributed by atoms with Crippen molar-refractivity contribution in [1.29, 1.82) is 0 Å². The van der Waals surface area contributed by atoms with Gasteiger partial charge >= 0.3 is 0 Å². The van der Waals surface area contributed by atoms with Gasteiger partial charge in [0.1, 0.15) is 5.75 Å². The quantitative estimate of drug-likeness (QED) is 0.299. The van der Waals surface area contributed by atoms with E-state index in [2.05, 4.69) is 26.1 Å². The predicted molar refractivity (Wildman–Crippen MR) is 128 cm³/mol. The van der Waals surface area contributed by atoms with Gasteiger partial charge in [0.05, 0.1) is 24.7 Å². The SMILES string of the molecule is COc1ccc(SNCC2CC2)cc1Nc1ncc(-c2cccc(-c3ccccn3)c2)o1. The minimum absolute atomic E-state index is 0.412. The van der Waals surface area contributed by atoms with Crippen LogP contribution in [0.2, 0.25) is 0 Å². The zero-order valence-corrected chi connectivity index (χ0v) is 18.6. The molecule has 5 rings (SSSR count). The summed E-state index contributed by atoms with van der Waals surface area (Å²) in [5.74, 6) is 2.24. The summed E-state index contributed by atoms with van der Waals surface area (Å²) in [6, 6.07) is 20.4. The number of aromatic nitrogens is 2. The van der Waals surface area contributed by atoms with Gasteiger partial charge in [-0.2, -0.15) is 0 Å². The van der Waals surface area contributed by atoms with Crippen LogP contribution in [0, 0.1) is 5.92 Å². The molecule has 1 aliphatic rings. The third kappa shape index (κ3) is 4.95. The summed E-state index contributed by atoms with van der Waals surface area (Å²) in [5, 5.41) is 3.26. The summed E-state index contributed by atoms with van der Waals surface area (Å²) >= 11 is 1.63. The summed E-state index contributed by atoms with van der Waals surface area (Å²) < 4.78 is 15.0. The Morgan fingerprint density at radius 3 is 2.75 bits per heavy atom. The van der Waals surface area contributed by atoms with Gasteiger partial charge in [0.25, 0.3) is 6.01 Å². The van der Waals surface area contributed by atoms with Gasteiger partial charge in [-0.3, -0.25) is 9.71 Å². The van der Waals surface area contributed by atoms with Crippen LogP contribution in [0.25, 0.3) is 22.6 Å². The van der Waals surface area contributed by atoms with Crippen molar-refractivity contribution >= 4 is 23.6 Å². The molecule has 4 aromatic rings. The van der Waals surface area contributed by atoms with Crippen LogP contribution in [0.1, 0.15) is 12.8 Å². The maximum Gasteiger partial charge on any atom is 0.299 e. The highest BCUT2D eigenvalue weighted by Gasteiger charge is 2.20. The molecule has 2 aromatic carbocycles. The van der Waals surface area contributed by atoms with Gasteiger partial charge < -0.3 is 14.5 Å². The molecule has 162 valence electrons. The highest BCUT2D eigenvalue weighted by Crippen LogP contribution is 2.34. The Bertz CT molecular complexity index is 1190. The molecule has 0 atom stereocenters. The lowest BCUT2D eigenvalue weighted by atomic mass is 10.1. The number of hydrogen-bond donors (Lipinski definition) is 2. The Morgan fingerprint density at radius 1 is 1.03 bits per heavy atom. The molecule has 2 N–H and O–H groups in total. The molecule has 0 spiro atoms. The number of benzene rings is 2. The standard InChI is InChI=1S/C25H24N4O2S/c1-30-23-11-10-20(32-28-15-17-8-9-17)14-22(23)29-25-27-16-24(31-25)19-6-4-5-18(13-19)21-7-2-3-12-26-21/h2-7,10-14,16-17,28H,8-9,15H2,1H3,(H,27,29). The molecule has 0 aliphatic heterocycles. The molecule has 0 bridgehead atoms. The van der Waals surface area contributed by atoms with E-state index in [-0.39, 0.29) is 0 Å². The number of oxazole rings is 1. The van der Waals surface area contributed by atoms with Crippen molar-refractivity contribution in [3.8, 4) is 28.3 Å². The van der Waals surface area contributed by atoms with Crippen molar-refractivity contribution < 1.29 is 9.15 Å². The Labute approximate surface area is 191 Å². The molecule has 1 aliphatic carbocycles. The van der Waals surface area contributed by atoms with Crippen LogP contribution in [-0.4, -0.2) is 23.6 Å². The second kappa shape index (κ2) is 9.46. The number of nitrogens with one attached hydrogen (secondary N) is 2. The van der Waals surface area contributed by atoms with Gasteiger partial charge in [0.2, 0.25) is 0 Å². The van der Waals surface area contributed by atoms with E-state index in [0.717, 1.165) is 45.6 Å². The van der Waals surface area contributed by atoms with Crippen LogP contribution < -0.4 is 14.8 Å². The number of rotatable bonds is 9. The number of hydrogen-bond acceptors (Lipinski definition) is 7. The molecule has 0 radical (unpaired) electrons. The largest absolute Gasteiger partial charge is 0.495 e. The summed E-state index contributed by atoms with van der Waals surface area (Å²) in [6.45, 7) is 1.04. The van der Waals surface area contributed by atoms with Gasteiger partial charge in [0, 0.05) is 28.8 Å². The fourth-order valence-electron chi connectivity index (χ4n) is 3.36. The number of nitrogens with zero attached hydrogens (tertiary/aromatic N) is 2. The van der Waals surface area contributed by atoms with E-state index in [0.29, 0.717) is 11.8 Å². The first kappa shape index (κ1) is 20.6. The molecular weight excluding hydrogens is 420 g/mol. The van der Waals surface area contributed by atoms with E-state index in [1.165, 1.54) is 12.8 Å². The predicted octanol–water partition coefficient (Wildman–Crippen LogP) is 6.16. The minimum Gasteiger partial charge on any atom is -0.495 e. The van der Waals surface area contributed by atoms with Crippen molar-refractivity contribution in [2.75, 3.05) is 19.0 Å². The molecule has 6 nitrogen and oxygen atoms in total. The monoisotopic (exact) mass is 444 g/mol. The zero-order valence-electron chi connectivity index (χ0n) is 17.7. The van der Waals surface area contributed by atoms with Gasteiger partial charge in [-0.25, -0.2) is 4.98 Å². The minimum atomic E-state index is 0.412. The molecule has 1 fully saturated rings. The number of methoxy groups -OCH3 is 1. The van der Waals surface area contributed by atoms with Gasteiger partial charge in [-0.05, 0) is 67.1 Å². The summed E-state index contributed by atoms with van der Waals surface area (Å²) in [7, 11) is 1.66. The fourth-order valence-corrected chi connectivity index (χ4v) is 4.16. The van der Waals surface area contributed by atoms with Crippen LogP contribution in [0.15, 0.2) is 82.4 Å². The Kier molecular flexibility index (Phi) is 6.09. The highest BCUT2D eigenvalue weighted by atomic mass is 32.2. The van der Waals surface area contributed by atoms with Crippen LogP contribution >= 0.6 is 11.9 Å². The average molecular weight is 445 g/mol. The lowest BCUT2D eigenvalue weighted by Gasteiger charge is -2.11. The molecule has 0 saturated heterocycles. The van der Waals surface area contributed by atoms with Gasteiger partial charge in [-0.15, -0.1) is 0 Å². The lowest BCUT2D eigenvalue weighted by Crippen LogP contribution is -2.06. The Hall–Kier alpha value is -3.29. The zero-order chi connectivity index (χ0) is 21.8. The molecule has 2 aromatic heterocycles. The van der Waals surface area contributed by atoms with Crippen LogP contribution in [0.4, 0.5) is 11.7 Å². The fraction of sp³-hybridized carbons (Fsp3) is 0.200. The van der Waals surface area contributed by atoms with Crippen LogP contribution in [-0.2, 0) is 0 Å². The van der Waals surface area contributed by atoms with Crippen molar-refractivity contribution in [3.05, 3.63) is 73.1 Å². The maximum atomic E-state index is 6.00. The molecule has 7 heteroatoms. The summed E-state index contributed by atoms with van der Waals surface area (Å²) in [4.78, 5) is 9.95. The molecule has 0 unspecified atom stereocenters. The van der Waals surface area contributed by atoms with Crippen molar-refractivity contribution in [2.24, 2.45) is 5.92 Å². The lowest BCUT2D eigenvalue weighted by molar-refractivity contribution is 0.416. The topological polar surface area (TPSA) is 72.2 Å². The van der Waals surface area contributed by atoms with Crippen molar-refractivity contribution in [3.63, 3.8) is 0 Å².